The Morgan fingerprint density at radius 1 is 1.48 bits per heavy atom. The highest BCUT2D eigenvalue weighted by molar-refractivity contribution is 7.92. The number of thiazole rings is 1. The second-order valence-electron chi connectivity index (χ2n) is 5.03. The van der Waals surface area contributed by atoms with Crippen molar-refractivity contribution >= 4 is 32.9 Å². The molecule has 1 aliphatic rings. The van der Waals surface area contributed by atoms with Crippen LogP contribution in [0.15, 0.2) is 9.13 Å². The number of hydrogen-bond donors (Lipinski definition) is 0. The van der Waals surface area contributed by atoms with Gasteiger partial charge in [-0.25, -0.2) is 4.98 Å². The van der Waals surface area contributed by atoms with Crippen LogP contribution in [0.3, 0.4) is 0 Å². The van der Waals surface area contributed by atoms with Crippen LogP contribution in [0.2, 0.25) is 0 Å². The number of methoxy groups -OCH3 is 1. The van der Waals surface area contributed by atoms with E-state index in [1.807, 2.05) is 0 Å². The summed E-state index contributed by atoms with van der Waals surface area (Å²) < 4.78 is 18.7. The van der Waals surface area contributed by atoms with Crippen molar-refractivity contribution in [3.63, 3.8) is 0 Å². The number of nitrogens with zero attached hydrogens (tertiary/aromatic N) is 4. The minimum absolute atomic E-state index is 0.188. The second kappa shape index (κ2) is 5.65. The molecule has 1 aliphatic heterocycles. The highest BCUT2D eigenvalue weighted by atomic mass is 32.2. The first kappa shape index (κ1) is 14.9. The van der Waals surface area contributed by atoms with Crippen molar-refractivity contribution in [3.8, 4) is 0 Å². The molecule has 0 radical (unpaired) electrons. The molecular weight excluding hydrogens is 312 g/mol. The largest absolute Gasteiger partial charge is 0.610 e. The van der Waals surface area contributed by atoms with Crippen molar-refractivity contribution in [1.82, 2.24) is 19.4 Å². The Labute approximate surface area is 128 Å². The lowest BCUT2D eigenvalue weighted by Crippen LogP contribution is -2.51. The molecule has 7 nitrogen and oxygen atoms in total. The van der Waals surface area contributed by atoms with Crippen molar-refractivity contribution in [2.75, 3.05) is 26.5 Å². The lowest BCUT2D eigenvalue weighted by Gasteiger charge is -2.37. The summed E-state index contributed by atoms with van der Waals surface area (Å²) in [7, 11) is 3.39. The van der Waals surface area contributed by atoms with E-state index < -0.39 is 11.2 Å². The third-order valence-electron chi connectivity index (χ3n) is 3.58. The number of likely N-dealkylation sites (tertiary alicyclic amines) is 1. The van der Waals surface area contributed by atoms with Crippen molar-refractivity contribution < 1.29 is 9.29 Å². The molecule has 3 rings (SSSR count). The predicted molar refractivity (Wildman–Crippen MR) is 81.1 cm³/mol. The van der Waals surface area contributed by atoms with Crippen molar-refractivity contribution in [2.24, 2.45) is 7.05 Å². The summed E-state index contributed by atoms with van der Waals surface area (Å²) in [4.78, 5) is 23.7. The summed E-state index contributed by atoms with van der Waals surface area (Å²) in [6.45, 7) is 2.29. The van der Waals surface area contributed by atoms with E-state index in [9.17, 15) is 9.35 Å². The van der Waals surface area contributed by atoms with Crippen LogP contribution < -0.4 is 5.56 Å². The molecule has 1 unspecified atom stereocenters. The summed E-state index contributed by atoms with van der Waals surface area (Å²) in [6, 6.07) is 0. The van der Waals surface area contributed by atoms with Gasteiger partial charge < -0.3 is 9.29 Å². The first-order valence-electron chi connectivity index (χ1n) is 6.44. The van der Waals surface area contributed by atoms with E-state index in [0.29, 0.717) is 27.1 Å². The van der Waals surface area contributed by atoms with Gasteiger partial charge in [0.15, 0.2) is 10.3 Å². The molecule has 3 heterocycles. The van der Waals surface area contributed by atoms with E-state index in [-0.39, 0.29) is 11.7 Å². The molecule has 1 saturated heterocycles. The van der Waals surface area contributed by atoms with Crippen LogP contribution >= 0.6 is 11.3 Å². The fourth-order valence-electron chi connectivity index (χ4n) is 2.24. The van der Waals surface area contributed by atoms with Crippen molar-refractivity contribution in [1.29, 1.82) is 0 Å². The summed E-state index contributed by atoms with van der Waals surface area (Å²) in [6.07, 6.45) is 1.82. The van der Waals surface area contributed by atoms with Gasteiger partial charge in [-0.05, 0) is 11.3 Å². The van der Waals surface area contributed by atoms with Gasteiger partial charge in [0.25, 0.3) is 5.56 Å². The standard InChI is InChI=1S/C12H16N4O3S2/c1-15-8(6-16-4-7(5-16)19-2)13-10-9(11(15)17)14-12(20-10)21(3)18/h7H,4-6H2,1-3H3. The van der Waals surface area contributed by atoms with Crippen LogP contribution in [0.5, 0.6) is 0 Å². The molecule has 0 spiro atoms. The zero-order chi connectivity index (χ0) is 15.1. The minimum atomic E-state index is -1.20. The first-order chi connectivity index (χ1) is 9.99. The minimum Gasteiger partial charge on any atom is -0.610 e. The van der Waals surface area contributed by atoms with Crippen LogP contribution in [0.25, 0.3) is 10.3 Å². The van der Waals surface area contributed by atoms with Gasteiger partial charge in [-0.2, -0.15) is 4.98 Å². The van der Waals surface area contributed by atoms with Crippen LogP contribution in [0.1, 0.15) is 5.82 Å². The third kappa shape index (κ3) is 2.71. The smallest absolute Gasteiger partial charge is 0.304 e. The summed E-state index contributed by atoms with van der Waals surface area (Å²) >= 11 is 0.0233. The Morgan fingerprint density at radius 2 is 2.19 bits per heavy atom. The Kier molecular flexibility index (Phi) is 4.02. The van der Waals surface area contributed by atoms with Gasteiger partial charge in [0.1, 0.15) is 12.1 Å². The molecule has 21 heavy (non-hydrogen) atoms. The van der Waals surface area contributed by atoms with E-state index in [2.05, 4.69) is 14.9 Å². The van der Waals surface area contributed by atoms with E-state index in [0.717, 1.165) is 13.1 Å². The van der Waals surface area contributed by atoms with Crippen LogP contribution in [0, 0.1) is 0 Å². The number of rotatable bonds is 4. The fourth-order valence-corrected chi connectivity index (χ4v) is 3.85. The molecule has 0 aromatic carbocycles. The van der Waals surface area contributed by atoms with Crippen LogP contribution in [-0.2, 0) is 29.5 Å². The maximum atomic E-state index is 12.3. The molecule has 1 fully saturated rings. The van der Waals surface area contributed by atoms with Gasteiger partial charge in [-0.3, -0.25) is 14.3 Å². The van der Waals surface area contributed by atoms with Gasteiger partial charge in [-0.15, -0.1) is 0 Å². The molecule has 0 aliphatic carbocycles. The topological polar surface area (TPSA) is 83.3 Å². The number of fused-ring (bicyclic) bond motifs is 1. The Hall–Kier alpha value is -1.00. The Morgan fingerprint density at radius 3 is 2.81 bits per heavy atom. The molecular formula is C12H16N4O3S2. The summed E-state index contributed by atoms with van der Waals surface area (Å²) in [5.74, 6) is 0.694. The number of aromatic nitrogens is 3. The van der Waals surface area contributed by atoms with Crippen LogP contribution in [0.4, 0.5) is 0 Å². The second-order valence-corrected chi connectivity index (χ2v) is 7.56. The van der Waals surface area contributed by atoms with Gasteiger partial charge >= 0.3 is 4.34 Å². The number of hydrogen-bond acceptors (Lipinski definition) is 7. The third-order valence-corrected chi connectivity index (χ3v) is 5.86. The quantitative estimate of drug-likeness (QED) is 0.732. The van der Waals surface area contributed by atoms with Crippen molar-refractivity contribution in [2.45, 2.75) is 17.0 Å². The predicted octanol–water partition coefficient (Wildman–Crippen LogP) is -0.0420. The highest BCUT2D eigenvalue weighted by Gasteiger charge is 2.28. The summed E-state index contributed by atoms with van der Waals surface area (Å²) in [5.41, 5.74) is 0.113. The van der Waals surface area contributed by atoms with Gasteiger partial charge in [0.05, 0.1) is 12.6 Å². The molecule has 114 valence electrons. The average Bonchev–Trinajstić information content (AvgIpc) is 2.83. The molecule has 0 amide bonds. The van der Waals surface area contributed by atoms with Crippen molar-refractivity contribution in [3.05, 3.63) is 16.2 Å². The van der Waals surface area contributed by atoms with Crippen LogP contribution in [-0.4, -0.2) is 56.5 Å². The molecule has 2 aromatic rings. The van der Waals surface area contributed by atoms with E-state index in [1.165, 1.54) is 15.9 Å². The maximum absolute atomic E-state index is 12.3. The zero-order valence-corrected chi connectivity index (χ0v) is 13.7. The SMILES string of the molecule is COC1CN(Cc2nc3sc([S+](C)[O-])nc3c(=O)n2C)C1. The summed E-state index contributed by atoms with van der Waals surface area (Å²) in [5, 5.41) is 0. The zero-order valence-electron chi connectivity index (χ0n) is 12.0. The maximum Gasteiger partial charge on any atom is 0.304 e. The first-order valence-corrected chi connectivity index (χ1v) is 8.82. The molecule has 2 aromatic heterocycles. The number of ether oxygens (including phenoxy) is 1. The van der Waals surface area contributed by atoms with Gasteiger partial charge in [0.2, 0.25) is 0 Å². The lowest BCUT2D eigenvalue weighted by atomic mass is 10.1. The highest BCUT2D eigenvalue weighted by Crippen LogP contribution is 2.22. The average molecular weight is 328 g/mol. The molecule has 9 heteroatoms. The fraction of sp³-hybridized carbons (Fsp3) is 0.583. The van der Waals surface area contributed by atoms with E-state index in [4.69, 9.17) is 4.74 Å². The molecule has 0 bridgehead atoms. The monoisotopic (exact) mass is 328 g/mol. The van der Waals surface area contributed by atoms with E-state index in [1.54, 1.807) is 20.4 Å². The molecule has 0 N–H and O–H groups in total. The van der Waals surface area contributed by atoms with Gasteiger partial charge in [-0.1, -0.05) is 0 Å². The molecule has 0 saturated carbocycles. The van der Waals surface area contributed by atoms with E-state index >= 15 is 0 Å². The Bertz CT molecular complexity index is 721. The normalized spacial score (nSPS) is 18.1. The Balaban J connectivity index is 1.92. The lowest BCUT2D eigenvalue weighted by molar-refractivity contribution is -0.0349. The van der Waals surface area contributed by atoms with Gasteiger partial charge in [0, 0.05) is 38.4 Å². The molecule has 1 atom stereocenters.